The Morgan fingerprint density at radius 3 is 2.59 bits per heavy atom. The summed E-state index contributed by atoms with van der Waals surface area (Å²) < 4.78 is 6.69. The summed E-state index contributed by atoms with van der Waals surface area (Å²) in [5.74, 6) is 0. The molecule has 27 heavy (non-hydrogen) atoms. The number of hydrogen-bond acceptors (Lipinski definition) is 3. The lowest BCUT2D eigenvalue weighted by Gasteiger charge is -2.37. The third kappa shape index (κ3) is 3.63. The van der Waals surface area contributed by atoms with E-state index in [2.05, 4.69) is 46.3 Å². The minimum Gasteiger partial charge on any atom is -0.394 e. The van der Waals surface area contributed by atoms with Gasteiger partial charge in [0.15, 0.2) is 0 Å². The Balaban J connectivity index is 1.77. The molecule has 1 fully saturated rings. The quantitative estimate of drug-likeness (QED) is 0.736. The third-order valence-electron chi connectivity index (χ3n) is 6.22. The summed E-state index contributed by atoms with van der Waals surface area (Å²) in [5, 5.41) is 10.1. The number of methoxy groups -OCH3 is 1. The number of aliphatic hydroxyl groups is 1. The van der Waals surface area contributed by atoms with E-state index in [0.717, 1.165) is 42.1 Å². The molecule has 2 aromatic carbocycles. The predicted molar refractivity (Wildman–Crippen MR) is 112 cm³/mol. The number of benzene rings is 2. The summed E-state index contributed by atoms with van der Waals surface area (Å²) in [6, 6.07) is 16.5. The van der Waals surface area contributed by atoms with Gasteiger partial charge in [0.25, 0.3) is 0 Å². The molecule has 0 aliphatic heterocycles. The third-order valence-corrected chi connectivity index (χ3v) is 6.72. The van der Waals surface area contributed by atoms with E-state index in [1.165, 1.54) is 16.8 Å². The lowest BCUT2D eigenvalue weighted by atomic mass is 9.70. The normalized spacial score (nSPS) is 27.1. The molecular formula is C23H26BrNO2. The van der Waals surface area contributed by atoms with Crippen LogP contribution in [0.15, 0.2) is 58.0 Å². The summed E-state index contributed by atoms with van der Waals surface area (Å²) in [5.41, 5.74) is 4.93. The molecule has 4 heteroatoms. The second kappa shape index (κ2) is 7.86. The smallest absolute Gasteiger partial charge is 0.0983 e. The monoisotopic (exact) mass is 427 g/mol. The van der Waals surface area contributed by atoms with Crippen LogP contribution < -0.4 is 0 Å². The zero-order valence-corrected chi connectivity index (χ0v) is 17.3. The Hall–Kier alpha value is -1.49. The fourth-order valence-electron chi connectivity index (χ4n) is 4.71. The second-order valence-corrected chi connectivity index (χ2v) is 8.70. The average Bonchev–Trinajstić information content (AvgIpc) is 2.99. The molecule has 4 rings (SSSR count). The molecule has 3 nitrogen and oxygen atoms in total. The molecule has 0 bridgehead atoms. The van der Waals surface area contributed by atoms with E-state index >= 15 is 0 Å². The highest BCUT2D eigenvalue weighted by molar-refractivity contribution is 9.10. The van der Waals surface area contributed by atoms with Crippen LogP contribution in [0.25, 0.3) is 0 Å². The number of ether oxygens (including phenoxy) is 1. The highest BCUT2D eigenvalue weighted by atomic mass is 79.9. The molecule has 1 saturated carbocycles. The van der Waals surface area contributed by atoms with Crippen LogP contribution in [0.4, 0.5) is 0 Å². The standard InChI is InChI=1S/C23H26BrNO2/c1-27-19-9-11-23(12-10-19)14-17-7-8-18(24)13-20(17)22(23)25-21(15-26)16-5-3-2-4-6-16/h2-8,13,19,21,26H,9-12,14-15H2,1H3/b25-22+/t19?,21-,23?/m1/s1. The molecule has 2 aromatic rings. The Kier molecular flexibility index (Phi) is 5.49. The topological polar surface area (TPSA) is 41.8 Å². The van der Waals surface area contributed by atoms with Crippen LogP contribution in [0.3, 0.4) is 0 Å². The van der Waals surface area contributed by atoms with Crippen LogP contribution in [-0.2, 0) is 11.2 Å². The van der Waals surface area contributed by atoms with Crippen molar-refractivity contribution in [1.82, 2.24) is 0 Å². The van der Waals surface area contributed by atoms with Gasteiger partial charge in [-0.3, -0.25) is 4.99 Å². The number of fused-ring (bicyclic) bond motifs is 1. The fourth-order valence-corrected chi connectivity index (χ4v) is 5.07. The van der Waals surface area contributed by atoms with Gasteiger partial charge in [-0.05, 0) is 55.4 Å². The summed E-state index contributed by atoms with van der Waals surface area (Å²) in [4.78, 5) is 5.18. The first-order valence-electron chi connectivity index (χ1n) is 9.71. The molecule has 142 valence electrons. The summed E-state index contributed by atoms with van der Waals surface area (Å²) in [6.45, 7) is 0.0215. The maximum Gasteiger partial charge on any atom is 0.0983 e. The summed E-state index contributed by atoms with van der Waals surface area (Å²) in [7, 11) is 1.81. The molecule has 0 heterocycles. The van der Waals surface area contributed by atoms with Gasteiger partial charge in [0.2, 0.25) is 0 Å². The Labute approximate surface area is 169 Å². The van der Waals surface area contributed by atoms with Crippen molar-refractivity contribution in [3.63, 3.8) is 0 Å². The molecule has 0 radical (unpaired) electrons. The van der Waals surface area contributed by atoms with Crippen LogP contribution >= 0.6 is 15.9 Å². The summed E-state index contributed by atoms with van der Waals surface area (Å²) in [6.07, 6.45) is 5.71. The first-order valence-corrected chi connectivity index (χ1v) is 10.5. The Morgan fingerprint density at radius 2 is 1.93 bits per heavy atom. The van der Waals surface area contributed by atoms with Crippen LogP contribution in [0, 0.1) is 5.41 Å². The minimum absolute atomic E-state index is 0.0215. The largest absolute Gasteiger partial charge is 0.394 e. The number of halogens is 1. The van der Waals surface area contributed by atoms with Gasteiger partial charge < -0.3 is 9.84 Å². The van der Waals surface area contributed by atoms with Crippen LogP contribution in [-0.4, -0.2) is 30.6 Å². The van der Waals surface area contributed by atoms with E-state index in [4.69, 9.17) is 9.73 Å². The van der Waals surface area contributed by atoms with E-state index in [-0.39, 0.29) is 18.1 Å². The molecule has 0 unspecified atom stereocenters. The van der Waals surface area contributed by atoms with Crippen LogP contribution in [0.1, 0.15) is 48.4 Å². The van der Waals surface area contributed by atoms with E-state index in [0.29, 0.717) is 6.10 Å². The number of hydrogen-bond donors (Lipinski definition) is 1. The number of aliphatic imine (C=N–C) groups is 1. The number of nitrogens with zero attached hydrogens (tertiary/aromatic N) is 1. The predicted octanol–water partition coefficient (Wildman–Crippen LogP) is 5.10. The van der Waals surface area contributed by atoms with E-state index < -0.39 is 0 Å². The Bertz CT molecular complexity index is 826. The van der Waals surface area contributed by atoms with Gasteiger partial charge in [-0.2, -0.15) is 0 Å². The van der Waals surface area contributed by atoms with Crippen molar-refractivity contribution in [1.29, 1.82) is 0 Å². The highest BCUT2D eigenvalue weighted by Crippen LogP contribution is 2.49. The number of aliphatic hydroxyl groups excluding tert-OH is 1. The second-order valence-electron chi connectivity index (χ2n) is 7.78. The molecule has 2 aliphatic rings. The van der Waals surface area contributed by atoms with Crippen molar-refractivity contribution in [2.75, 3.05) is 13.7 Å². The lowest BCUT2D eigenvalue weighted by Crippen LogP contribution is -2.36. The zero-order valence-electron chi connectivity index (χ0n) is 15.7. The van der Waals surface area contributed by atoms with Crippen LogP contribution in [0.2, 0.25) is 0 Å². The SMILES string of the molecule is COC1CCC2(CC1)Cc1ccc(Br)cc1/C2=N\[C@H](CO)c1ccccc1. The van der Waals surface area contributed by atoms with Crippen LogP contribution in [0.5, 0.6) is 0 Å². The molecule has 0 aromatic heterocycles. The lowest BCUT2D eigenvalue weighted by molar-refractivity contribution is 0.0467. The maximum absolute atomic E-state index is 10.1. The van der Waals surface area contributed by atoms with Gasteiger partial charge in [-0.25, -0.2) is 0 Å². The van der Waals surface area contributed by atoms with Crippen molar-refractivity contribution < 1.29 is 9.84 Å². The van der Waals surface area contributed by atoms with E-state index in [1.807, 2.05) is 25.3 Å². The first kappa shape index (κ1) is 18.9. The first-order chi connectivity index (χ1) is 13.1. The molecule has 2 aliphatic carbocycles. The van der Waals surface area contributed by atoms with Gasteiger partial charge in [0.05, 0.1) is 18.8 Å². The minimum atomic E-state index is -0.219. The van der Waals surface area contributed by atoms with Gasteiger partial charge in [0, 0.05) is 28.3 Å². The van der Waals surface area contributed by atoms with Gasteiger partial charge in [0.1, 0.15) is 0 Å². The van der Waals surface area contributed by atoms with Gasteiger partial charge >= 0.3 is 0 Å². The van der Waals surface area contributed by atoms with Crippen molar-refractivity contribution in [2.24, 2.45) is 10.4 Å². The molecule has 0 amide bonds. The van der Waals surface area contributed by atoms with Crippen molar-refractivity contribution in [3.8, 4) is 0 Å². The van der Waals surface area contributed by atoms with Crippen molar-refractivity contribution in [2.45, 2.75) is 44.2 Å². The zero-order chi connectivity index (χ0) is 18.9. The summed E-state index contributed by atoms with van der Waals surface area (Å²) >= 11 is 3.63. The van der Waals surface area contributed by atoms with Crippen molar-refractivity contribution >= 4 is 21.6 Å². The van der Waals surface area contributed by atoms with Crippen molar-refractivity contribution in [3.05, 3.63) is 69.7 Å². The average molecular weight is 428 g/mol. The van der Waals surface area contributed by atoms with E-state index in [9.17, 15) is 5.11 Å². The van der Waals surface area contributed by atoms with E-state index in [1.54, 1.807) is 0 Å². The maximum atomic E-state index is 10.1. The van der Waals surface area contributed by atoms with Gasteiger partial charge in [-0.1, -0.05) is 52.3 Å². The molecule has 0 saturated heterocycles. The number of rotatable bonds is 4. The molecule has 1 N–H and O–H groups in total. The highest BCUT2D eigenvalue weighted by Gasteiger charge is 2.45. The Morgan fingerprint density at radius 1 is 1.19 bits per heavy atom. The molecule has 1 spiro atoms. The fraction of sp³-hybridized carbons (Fsp3) is 0.435. The molecule has 1 atom stereocenters. The molecular weight excluding hydrogens is 402 g/mol. The van der Waals surface area contributed by atoms with Gasteiger partial charge in [-0.15, -0.1) is 0 Å².